The molecule has 2 aromatic rings. The Kier molecular flexibility index (Phi) is 21.8. The molecule has 3 nitrogen and oxygen atoms in total. The molecule has 0 amide bonds. The molecular weight excluding hydrogens is 528 g/mol. The van der Waals surface area contributed by atoms with Gasteiger partial charge < -0.3 is 4.55 Å². The maximum atomic E-state index is 12.1. The van der Waals surface area contributed by atoms with Gasteiger partial charge in [-0.3, -0.25) is 0 Å². The molecule has 0 aliphatic rings. The number of fused-ring (bicyclic) bond motifs is 1. The van der Waals surface area contributed by atoms with Crippen molar-refractivity contribution in [3.8, 4) is 0 Å². The fourth-order valence-corrected chi connectivity index (χ4v) is 6.47. The van der Waals surface area contributed by atoms with Crippen molar-refractivity contribution in [2.45, 2.75) is 160 Å². The van der Waals surface area contributed by atoms with Crippen LogP contribution in [0.5, 0.6) is 0 Å². The van der Waals surface area contributed by atoms with Crippen LogP contribution < -0.4 is 51.4 Å². The van der Waals surface area contributed by atoms with Gasteiger partial charge in [0.1, 0.15) is 10.1 Å². The molecule has 0 aromatic heterocycles. The van der Waals surface area contributed by atoms with Gasteiger partial charge in [-0.05, 0) is 48.3 Å². The van der Waals surface area contributed by atoms with E-state index in [0.717, 1.165) is 43.1 Å². The van der Waals surface area contributed by atoms with E-state index in [9.17, 15) is 13.0 Å². The molecule has 0 saturated heterocycles. The van der Waals surface area contributed by atoms with Gasteiger partial charge in [-0.15, -0.1) is 0 Å². The molecule has 0 bridgehead atoms. The third kappa shape index (κ3) is 15.3. The summed E-state index contributed by atoms with van der Waals surface area (Å²) in [5.74, 6) is 0. The molecule has 39 heavy (non-hydrogen) atoms. The zero-order valence-corrected chi connectivity index (χ0v) is 29.5. The van der Waals surface area contributed by atoms with Gasteiger partial charge in [0.25, 0.3) is 0 Å². The number of rotatable bonds is 23. The Labute approximate surface area is 283 Å². The summed E-state index contributed by atoms with van der Waals surface area (Å²) in [6.45, 7) is 4.51. The number of benzene rings is 2. The third-order valence-corrected chi connectivity index (χ3v) is 8.93. The van der Waals surface area contributed by atoms with Gasteiger partial charge >= 0.3 is 51.4 Å². The summed E-state index contributed by atoms with van der Waals surface area (Å²) in [6, 6.07) is 9.52. The fraction of sp³-hybridized carbons (Fsp3) is 0.706. The summed E-state index contributed by atoms with van der Waals surface area (Å²) in [5.41, 5.74) is 2.19. The minimum atomic E-state index is -4.52. The largest absolute Gasteiger partial charge is 1.00 e. The first-order valence-electron chi connectivity index (χ1n) is 16.0. The summed E-state index contributed by atoms with van der Waals surface area (Å²) in [6.07, 6.45) is 27.5. The number of hydrogen-bond acceptors (Lipinski definition) is 3. The van der Waals surface area contributed by atoms with Crippen LogP contribution in [0, 0.1) is 0 Å². The molecule has 0 unspecified atom stereocenters. The van der Waals surface area contributed by atoms with Crippen molar-refractivity contribution in [2.24, 2.45) is 0 Å². The number of hydrogen-bond donors (Lipinski definition) is 0. The molecule has 2 aromatic carbocycles. The van der Waals surface area contributed by atoms with Gasteiger partial charge in [0, 0.05) is 5.39 Å². The first-order chi connectivity index (χ1) is 18.5. The quantitative estimate of drug-likeness (QED) is 0.0767. The van der Waals surface area contributed by atoms with Gasteiger partial charge in [0.2, 0.25) is 0 Å². The standard InChI is InChI=1S/C34H56O3S.K/c1-3-5-7-9-11-13-15-17-19-21-24-30-28-29-33(38(35,36)37)34-31(26-23-27-32(30)34)25-22-20-18-16-14-12-10-8-6-4-2;/h23,26-29H,3-22,24-25H2,1-2H3,(H,35,36,37);/q;+1/p-1. The second-order valence-corrected chi connectivity index (χ2v) is 12.7. The van der Waals surface area contributed by atoms with E-state index in [1.165, 1.54) is 115 Å². The van der Waals surface area contributed by atoms with Crippen molar-refractivity contribution in [3.63, 3.8) is 0 Å². The molecular formula is C34H55KO3S. The first kappa shape index (κ1) is 37.3. The van der Waals surface area contributed by atoms with Crippen LogP contribution in [0.15, 0.2) is 35.2 Å². The van der Waals surface area contributed by atoms with E-state index < -0.39 is 10.1 Å². The van der Waals surface area contributed by atoms with Crippen LogP contribution >= 0.6 is 0 Å². The topological polar surface area (TPSA) is 57.2 Å². The van der Waals surface area contributed by atoms with Crippen LogP contribution in [0.2, 0.25) is 0 Å². The fourth-order valence-electron chi connectivity index (χ4n) is 5.75. The Morgan fingerprint density at radius 2 is 0.949 bits per heavy atom. The number of unbranched alkanes of at least 4 members (excludes halogenated alkanes) is 18. The molecule has 0 radical (unpaired) electrons. The Morgan fingerprint density at radius 3 is 1.38 bits per heavy atom. The molecule has 0 saturated carbocycles. The molecule has 0 aliphatic heterocycles. The van der Waals surface area contributed by atoms with E-state index in [-0.39, 0.29) is 56.3 Å². The first-order valence-corrected chi connectivity index (χ1v) is 17.4. The molecule has 2 rings (SSSR count). The monoisotopic (exact) mass is 582 g/mol. The third-order valence-electron chi connectivity index (χ3n) is 8.05. The summed E-state index contributed by atoms with van der Waals surface area (Å²) in [5, 5.41) is 1.64. The molecule has 0 N–H and O–H groups in total. The van der Waals surface area contributed by atoms with E-state index in [2.05, 4.69) is 13.8 Å². The molecule has 0 fully saturated rings. The van der Waals surface area contributed by atoms with Crippen LogP contribution in [-0.2, 0) is 23.0 Å². The summed E-state index contributed by atoms with van der Waals surface area (Å²) >= 11 is 0. The minimum absolute atomic E-state index is 0. The molecule has 0 atom stereocenters. The Bertz CT molecular complexity index is 1000. The van der Waals surface area contributed by atoms with E-state index >= 15 is 0 Å². The molecule has 216 valence electrons. The smallest absolute Gasteiger partial charge is 0.744 e. The average Bonchev–Trinajstić information content (AvgIpc) is 2.90. The second kappa shape index (κ2) is 22.8. The Hall–Kier alpha value is 0.246. The van der Waals surface area contributed by atoms with Crippen LogP contribution in [-0.4, -0.2) is 13.0 Å². The van der Waals surface area contributed by atoms with E-state index in [1.807, 2.05) is 24.3 Å². The Morgan fingerprint density at radius 1 is 0.538 bits per heavy atom. The Balaban J connectivity index is 0.00000760. The van der Waals surface area contributed by atoms with Crippen molar-refractivity contribution in [1.82, 2.24) is 0 Å². The zero-order chi connectivity index (χ0) is 27.5. The maximum absolute atomic E-state index is 12.1. The predicted molar refractivity (Wildman–Crippen MR) is 163 cm³/mol. The van der Waals surface area contributed by atoms with Crippen LogP contribution in [0.3, 0.4) is 0 Å². The van der Waals surface area contributed by atoms with E-state index in [4.69, 9.17) is 0 Å². The van der Waals surface area contributed by atoms with Crippen LogP contribution in [0.4, 0.5) is 0 Å². The van der Waals surface area contributed by atoms with Crippen molar-refractivity contribution in [2.75, 3.05) is 0 Å². The predicted octanol–water partition coefficient (Wildman–Crippen LogP) is 7.67. The van der Waals surface area contributed by atoms with Crippen LogP contribution in [0.1, 0.15) is 153 Å². The molecule has 0 spiro atoms. The van der Waals surface area contributed by atoms with Gasteiger partial charge in [0.15, 0.2) is 0 Å². The molecule has 0 heterocycles. The number of aryl methyl sites for hydroxylation is 2. The van der Waals surface area contributed by atoms with Crippen LogP contribution in [0.25, 0.3) is 10.8 Å². The molecule has 5 heteroatoms. The summed E-state index contributed by atoms with van der Waals surface area (Å²) < 4.78 is 36.4. The van der Waals surface area contributed by atoms with Gasteiger partial charge in [0.05, 0.1) is 4.90 Å². The van der Waals surface area contributed by atoms with E-state index in [1.54, 1.807) is 6.07 Å². The minimum Gasteiger partial charge on any atom is -0.744 e. The van der Waals surface area contributed by atoms with E-state index in [0.29, 0.717) is 5.39 Å². The van der Waals surface area contributed by atoms with Crippen molar-refractivity contribution in [3.05, 3.63) is 41.5 Å². The summed E-state index contributed by atoms with van der Waals surface area (Å²) in [7, 11) is -4.52. The normalized spacial score (nSPS) is 11.7. The second-order valence-electron chi connectivity index (χ2n) is 11.4. The average molecular weight is 583 g/mol. The summed E-state index contributed by atoms with van der Waals surface area (Å²) in [4.78, 5) is -0.0398. The van der Waals surface area contributed by atoms with Crippen molar-refractivity contribution in [1.29, 1.82) is 0 Å². The van der Waals surface area contributed by atoms with Gasteiger partial charge in [-0.2, -0.15) is 0 Å². The van der Waals surface area contributed by atoms with Crippen molar-refractivity contribution < 1.29 is 64.4 Å². The zero-order valence-electron chi connectivity index (χ0n) is 25.6. The SMILES string of the molecule is CCCCCCCCCCCCc1ccc(S(=O)(=O)[O-])c2c(CCCCCCCCCCCC)cccc12.[K+]. The molecule has 0 aliphatic carbocycles. The maximum Gasteiger partial charge on any atom is 1.00 e. The van der Waals surface area contributed by atoms with Crippen molar-refractivity contribution >= 4 is 20.9 Å². The van der Waals surface area contributed by atoms with Gasteiger partial charge in [-0.1, -0.05) is 154 Å². The van der Waals surface area contributed by atoms with Gasteiger partial charge in [-0.25, -0.2) is 8.42 Å².